The Labute approximate surface area is 56.8 Å². The first kappa shape index (κ1) is 8.41. The Kier molecular flexibility index (Phi) is 5.18. The maximum absolute atomic E-state index is 10.1. The summed E-state index contributed by atoms with van der Waals surface area (Å²) in [6.45, 7) is 3.93. The molecule has 1 unspecified atom stereocenters. The molecule has 1 heteroatoms. The number of hydrogen-bond acceptors (Lipinski definition) is 1. The topological polar surface area (TPSA) is 17.1 Å². The van der Waals surface area contributed by atoms with Gasteiger partial charge in [-0.25, -0.2) is 0 Å². The lowest BCUT2D eigenvalue weighted by atomic mass is 10.1. The number of carbonyl (C=O) groups is 1. The lowest BCUT2D eigenvalue weighted by Gasteiger charge is -1.96. The third-order valence-corrected chi connectivity index (χ3v) is 1.26. The van der Waals surface area contributed by atoms with Gasteiger partial charge < -0.3 is 4.79 Å². The highest BCUT2D eigenvalue weighted by Crippen LogP contribution is 2.01. The van der Waals surface area contributed by atoms with Crippen LogP contribution in [0.25, 0.3) is 0 Å². The molecule has 0 saturated heterocycles. The van der Waals surface area contributed by atoms with Gasteiger partial charge in [0.05, 0.1) is 0 Å². The molecule has 0 radical (unpaired) electrons. The molecule has 0 saturated carbocycles. The first-order valence-electron chi connectivity index (χ1n) is 3.37. The maximum atomic E-state index is 10.1. The summed E-state index contributed by atoms with van der Waals surface area (Å²) in [6.07, 6.45) is 7.10. The van der Waals surface area contributed by atoms with E-state index in [4.69, 9.17) is 0 Å². The summed E-state index contributed by atoms with van der Waals surface area (Å²) in [6, 6.07) is 0. The first-order chi connectivity index (χ1) is 4.31. The first-order valence-corrected chi connectivity index (χ1v) is 3.37. The highest BCUT2D eigenvalue weighted by atomic mass is 16.1. The van der Waals surface area contributed by atoms with Crippen molar-refractivity contribution in [2.75, 3.05) is 0 Å². The zero-order chi connectivity index (χ0) is 7.11. The molecule has 0 aromatic rings. The number of aldehydes is 1. The van der Waals surface area contributed by atoms with E-state index in [-0.39, 0.29) is 5.92 Å². The number of hydrogen-bond donors (Lipinski definition) is 0. The maximum Gasteiger partial charge on any atom is 0.122 e. The average Bonchev–Trinajstić information content (AvgIpc) is 1.89. The molecule has 52 valence electrons. The molecule has 0 rings (SSSR count). The van der Waals surface area contributed by atoms with Crippen LogP contribution in [0, 0.1) is 5.92 Å². The van der Waals surface area contributed by atoms with Gasteiger partial charge in [-0.15, -0.1) is 0 Å². The predicted octanol–water partition coefficient (Wildman–Crippen LogP) is 2.18. The van der Waals surface area contributed by atoms with Crippen LogP contribution < -0.4 is 0 Å². The molecule has 0 aliphatic heterocycles. The summed E-state index contributed by atoms with van der Waals surface area (Å²) >= 11 is 0. The van der Waals surface area contributed by atoms with E-state index in [0.29, 0.717) is 0 Å². The van der Waals surface area contributed by atoms with Gasteiger partial charge in [0.25, 0.3) is 0 Å². The van der Waals surface area contributed by atoms with Gasteiger partial charge in [0, 0.05) is 5.92 Å². The van der Waals surface area contributed by atoms with E-state index in [9.17, 15) is 4.79 Å². The standard InChI is InChI=1S/C8H14O/c1-3-4-5-6-8(2)7-9/h3-4,7-8H,5-6H2,1-2H3. The van der Waals surface area contributed by atoms with Gasteiger partial charge >= 0.3 is 0 Å². The van der Waals surface area contributed by atoms with Crippen molar-refractivity contribution in [2.45, 2.75) is 26.7 Å². The summed E-state index contributed by atoms with van der Waals surface area (Å²) in [5.41, 5.74) is 0. The van der Waals surface area contributed by atoms with Crippen LogP contribution in [0.4, 0.5) is 0 Å². The third kappa shape index (κ3) is 5.28. The SMILES string of the molecule is CC=CCCC(C)C=O. The molecule has 0 aliphatic carbocycles. The third-order valence-electron chi connectivity index (χ3n) is 1.26. The van der Waals surface area contributed by atoms with Crippen LogP contribution in [-0.4, -0.2) is 6.29 Å². The van der Waals surface area contributed by atoms with Crippen molar-refractivity contribution < 1.29 is 4.79 Å². The molecule has 0 N–H and O–H groups in total. The Morgan fingerprint density at radius 2 is 2.22 bits per heavy atom. The predicted molar refractivity (Wildman–Crippen MR) is 39.3 cm³/mol. The van der Waals surface area contributed by atoms with E-state index < -0.39 is 0 Å². The van der Waals surface area contributed by atoms with Crippen molar-refractivity contribution in [1.29, 1.82) is 0 Å². The Morgan fingerprint density at radius 1 is 1.56 bits per heavy atom. The largest absolute Gasteiger partial charge is 0.303 e. The lowest BCUT2D eigenvalue weighted by Crippen LogP contribution is -1.93. The van der Waals surface area contributed by atoms with Crippen LogP contribution in [0.1, 0.15) is 26.7 Å². The normalized spacial score (nSPS) is 14.0. The van der Waals surface area contributed by atoms with Crippen molar-refractivity contribution in [3.63, 3.8) is 0 Å². The van der Waals surface area contributed by atoms with Crippen LogP contribution in [0.15, 0.2) is 12.2 Å². The van der Waals surface area contributed by atoms with E-state index in [2.05, 4.69) is 6.08 Å². The molecule has 9 heavy (non-hydrogen) atoms. The molecule has 0 heterocycles. The van der Waals surface area contributed by atoms with Gasteiger partial charge in [0.1, 0.15) is 6.29 Å². The quantitative estimate of drug-likeness (QED) is 0.417. The minimum atomic E-state index is 0.223. The fourth-order valence-electron chi connectivity index (χ4n) is 0.594. The van der Waals surface area contributed by atoms with Gasteiger partial charge in [-0.1, -0.05) is 19.1 Å². The average molecular weight is 126 g/mol. The van der Waals surface area contributed by atoms with Gasteiger partial charge in [-0.3, -0.25) is 0 Å². The van der Waals surface area contributed by atoms with Crippen molar-refractivity contribution in [3.8, 4) is 0 Å². The molecule has 1 atom stereocenters. The Morgan fingerprint density at radius 3 is 2.67 bits per heavy atom. The molecule has 0 aromatic carbocycles. The van der Waals surface area contributed by atoms with Crippen LogP contribution in [0.5, 0.6) is 0 Å². The van der Waals surface area contributed by atoms with Gasteiger partial charge in [-0.05, 0) is 19.8 Å². The van der Waals surface area contributed by atoms with Crippen molar-refractivity contribution in [1.82, 2.24) is 0 Å². The molecule has 0 amide bonds. The highest BCUT2D eigenvalue weighted by Gasteiger charge is 1.94. The highest BCUT2D eigenvalue weighted by molar-refractivity contribution is 5.52. The second-order valence-electron chi connectivity index (χ2n) is 2.26. The second kappa shape index (κ2) is 5.54. The van der Waals surface area contributed by atoms with Gasteiger partial charge in [0.2, 0.25) is 0 Å². The van der Waals surface area contributed by atoms with E-state index in [1.54, 1.807) is 0 Å². The molecule has 0 aliphatic rings. The smallest absolute Gasteiger partial charge is 0.122 e. The van der Waals surface area contributed by atoms with Gasteiger partial charge in [0.15, 0.2) is 0 Å². The van der Waals surface area contributed by atoms with Crippen molar-refractivity contribution >= 4 is 6.29 Å². The minimum absolute atomic E-state index is 0.223. The molecular weight excluding hydrogens is 112 g/mol. The molecule has 0 spiro atoms. The van der Waals surface area contributed by atoms with E-state index in [1.807, 2.05) is 19.9 Å². The van der Waals surface area contributed by atoms with E-state index >= 15 is 0 Å². The lowest BCUT2D eigenvalue weighted by molar-refractivity contribution is -0.110. The summed E-state index contributed by atoms with van der Waals surface area (Å²) in [5, 5.41) is 0. The number of allylic oxidation sites excluding steroid dienone is 2. The van der Waals surface area contributed by atoms with Gasteiger partial charge in [-0.2, -0.15) is 0 Å². The molecule has 0 aromatic heterocycles. The zero-order valence-corrected chi connectivity index (χ0v) is 6.13. The van der Waals surface area contributed by atoms with Crippen LogP contribution in [-0.2, 0) is 4.79 Å². The van der Waals surface area contributed by atoms with E-state index in [0.717, 1.165) is 19.1 Å². The summed E-state index contributed by atoms with van der Waals surface area (Å²) in [7, 11) is 0. The van der Waals surface area contributed by atoms with Crippen LogP contribution >= 0.6 is 0 Å². The summed E-state index contributed by atoms with van der Waals surface area (Å²) < 4.78 is 0. The second-order valence-corrected chi connectivity index (χ2v) is 2.26. The van der Waals surface area contributed by atoms with Crippen molar-refractivity contribution in [3.05, 3.63) is 12.2 Å². The Balaban J connectivity index is 3.16. The van der Waals surface area contributed by atoms with E-state index in [1.165, 1.54) is 0 Å². The number of rotatable bonds is 4. The minimum Gasteiger partial charge on any atom is -0.303 e. The Bertz CT molecular complexity index is 94.7. The zero-order valence-electron chi connectivity index (χ0n) is 6.13. The molecule has 0 bridgehead atoms. The fourth-order valence-corrected chi connectivity index (χ4v) is 0.594. The fraction of sp³-hybridized carbons (Fsp3) is 0.625. The molecule has 0 fully saturated rings. The van der Waals surface area contributed by atoms with Crippen LogP contribution in [0.2, 0.25) is 0 Å². The summed E-state index contributed by atoms with van der Waals surface area (Å²) in [4.78, 5) is 10.1. The Hall–Kier alpha value is -0.590. The monoisotopic (exact) mass is 126 g/mol. The van der Waals surface area contributed by atoms with Crippen molar-refractivity contribution in [2.24, 2.45) is 5.92 Å². The summed E-state index contributed by atoms with van der Waals surface area (Å²) in [5.74, 6) is 0.223. The number of carbonyl (C=O) groups excluding carboxylic acids is 1. The van der Waals surface area contributed by atoms with Crippen LogP contribution in [0.3, 0.4) is 0 Å². The molecule has 1 nitrogen and oxygen atoms in total. The molecular formula is C8H14O.